The van der Waals surface area contributed by atoms with Crippen LogP contribution in [0.2, 0.25) is 0 Å². The van der Waals surface area contributed by atoms with Gasteiger partial charge in [-0.05, 0) is 85.3 Å². The lowest BCUT2D eigenvalue weighted by atomic mass is 9.55. The molecule has 1 aliphatic carbocycles. The first-order valence-electron chi connectivity index (χ1n) is 17.9. The molecule has 272 valence electrons. The van der Waals surface area contributed by atoms with Crippen molar-refractivity contribution >= 4 is 23.8 Å². The van der Waals surface area contributed by atoms with E-state index in [-0.39, 0.29) is 13.1 Å². The van der Waals surface area contributed by atoms with Gasteiger partial charge in [-0.3, -0.25) is 19.2 Å². The van der Waals surface area contributed by atoms with Gasteiger partial charge in [0.25, 0.3) is 0 Å². The van der Waals surface area contributed by atoms with Crippen molar-refractivity contribution in [3.8, 4) is 23.0 Å². The van der Waals surface area contributed by atoms with Gasteiger partial charge in [0.1, 0.15) is 23.0 Å². The minimum atomic E-state index is -1.51. The van der Waals surface area contributed by atoms with E-state index >= 15 is 0 Å². The molecule has 10 heteroatoms. The maximum atomic E-state index is 14.2. The molecular formula is C42H46N2O8. The quantitative estimate of drug-likeness (QED) is 0.111. The lowest BCUT2D eigenvalue weighted by Gasteiger charge is -2.48. The van der Waals surface area contributed by atoms with Gasteiger partial charge in [0.05, 0.1) is 23.7 Å². The number of amides is 2. The number of rotatable bonds is 18. The first-order valence-corrected chi connectivity index (χ1v) is 17.9. The molecule has 1 aliphatic rings. The smallest absolute Gasteiger partial charge is 0.308 e. The summed E-state index contributed by atoms with van der Waals surface area (Å²) in [6, 6.07) is 33.9. The molecule has 2 amide bonds. The highest BCUT2D eigenvalue weighted by Gasteiger charge is 2.64. The summed E-state index contributed by atoms with van der Waals surface area (Å²) in [5.74, 6) is -6.59. The van der Waals surface area contributed by atoms with Crippen LogP contribution in [0.5, 0.6) is 23.0 Å². The van der Waals surface area contributed by atoms with E-state index in [9.17, 15) is 29.4 Å². The molecule has 0 radical (unpaired) electrons. The Labute approximate surface area is 304 Å². The standard InChI is InChI=1S/C42H46N2O8/c1-3-25-43(27-23-29-15-19-33(20-16-29)51-31-11-7-5-8-12-31)39(45)35-36(38(42(49)50)37(35)41(47)48)40(46)44(26-4-2)28-24-30-17-21-34(22-18-30)52-32-13-9-6-10-14-32/h5-22,35-38H,3-4,23-28H2,1-2H3,(H,47,48)(H,49,50)/t35-,36-,37-,38-/m1/s1. The fourth-order valence-electron chi connectivity index (χ4n) is 6.83. The van der Waals surface area contributed by atoms with Crippen molar-refractivity contribution in [2.24, 2.45) is 23.7 Å². The van der Waals surface area contributed by atoms with E-state index in [1.807, 2.05) is 123 Å². The summed E-state index contributed by atoms with van der Waals surface area (Å²) in [5.41, 5.74) is 1.89. The average molecular weight is 707 g/mol. The molecule has 1 saturated carbocycles. The first kappa shape index (κ1) is 37.6. The van der Waals surface area contributed by atoms with Crippen LogP contribution in [-0.4, -0.2) is 69.9 Å². The molecule has 4 aromatic carbocycles. The summed E-state index contributed by atoms with van der Waals surface area (Å²) in [5, 5.41) is 20.3. The molecule has 0 aliphatic heterocycles. The Morgan fingerprint density at radius 1 is 0.481 bits per heavy atom. The van der Waals surface area contributed by atoms with Crippen LogP contribution in [0, 0.1) is 23.7 Å². The molecule has 0 heterocycles. The van der Waals surface area contributed by atoms with Crippen LogP contribution in [-0.2, 0) is 32.0 Å². The number of ether oxygens (including phenoxy) is 2. The summed E-state index contributed by atoms with van der Waals surface area (Å²) in [6.07, 6.45) is 2.19. The average Bonchev–Trinajstić information content (AvgIpc) is 3.13. The van der Waals surface area contributed by atoms with E-state index < -0.39 is 47.4 Å². The Bertz CT molecular complexity index is 1650. The Morgan fingerprint density at radius 3 is 1.12 bits per heavy atom. The SMILES string of the molecule is CCCN(CCc1ccc(Oc2ccccc2)cc1)C(=O)[C@H]1[C@@H](C(=O)O)[C@H](C(=O)O)[C@@H]1C(=O)N(CCC)CCc1ccc(Oc2ccccc2)cc1. The monoisotopic (exact) mass is 706 g/mol. The zero-order chi connectivity index (χ0) is 37.0. The van der Waals surface area contributed by atoms with Crippen LogP contribution in [0.15, 0.2) is 109 Å². The Kier molecular flexibility index (Phi) is 13.0. The molecule has 52 heavy (non-hydrogen) atoms. The minimum absolute atomic E-state index is 0.287. The highest BCUT2D eigenvalue weighted by molar-refractivity contribution is 5.99. The number of carboxylic acids is 2. The van der Waals surface area contributed by atoms with E-state index in [4.69, 9.17) is 9.47 Å². The summed E-state index contributed by atoms with van der Waals surface area (Å²) in [4.78, 5) is 56.5. The number of hydrogen-bond donors (Lipinski definition) is 2. The lowest BCUT2D eigenvalue weighted by molar-refractivity contribution is -0.187. The molecule has 5 rings (SSSR count). The molecule has 4 atom stereocenters. The number of carboxylic acid groups (broad SMARTS) is 2. The van der Waals surface area contributed by atoms with Crippen molar-refractivity contribution < 1.29 is 38.9 Å². The van der Waals surface area contributed by atoms with Crippen LogP contribution >= 0.6 is 0 Å². The molecule has 0 bridgehead atoms. The number of aliphatic carboxylic acids is 2. The summed E-state index contributed by atoms with van der Waals surface area (Å²) in [7, 11) is 0. The molecular weight excluding hydrogens is 660 g/mol. The third-order valence-corrected chi connectivity index (χ3v) is 9.44. The number of para-hydroxylation sites is 2. The van der Waals surface area contributed by atoms with Crippen molar-refractivity contribution in [2.75, 3.05) is 26.2 Å². The van der Waals surface area contributed by atoms with E-state index in [1.165, 1.54) is 0 Å². The highest BCUT2D eigenvalue weighted by atomic mass is 16.5. The van der Waals surface area contributed by atoms with Crippen LogP contribution in [0.3, 0.4) is 0 Å². The first-order chi connectivity index (χ1) is 25.2. The molecule has 10 nitrogen and oxygen atoms in total. The molecule has 0 aromatic heterocycles. The Morgan fingerprint density at radius 2 is 0.808 bits per heavy atom. The van der Waals surface area contributed by atoms with E-state index in [1.54, 1.807) is 9.80 Å². The summed E-state index contributed by atoms with van der Waals surface area (Å²) >= 11 is 0. The third kappa shape index (κ3) is 9.37. The molecule has 2 N–H and O–H groups in total. The number of carbonyl (C=O) groups excluding carboxylic acids is 2. The van der Waals surface area contributed by atoms with Gasteiger partial charge in [-0.1, -0.05) is 74.5 Å². The molecule has 0 spiro atoms. The molecule has 1 fully saturated rings. The van der Waals surface area contributed by atoms with Gasteiger partial charge < -0.3 is 29.5 Å². The van der Waals surface area contributed by atoms with Gasteiger partial charge in [-0.15, -0.1) is 0 Å². The van der Waals surface area contributed by atoms with Crippen LogP contribution in [0.4, 0.5) is 0 Å². The predicted molar refractivity (Wildman–Crippen MR) is 196 cm³/mol. The number of nitrogens with zero attached hydrogens (tertiary/aromatic N) is 2. The van der Waals surface area contributed by atoms with Gasteiger partial charge >= 0.3 is 11.9 Å². The van der Waals surface area contributed by atoms with E-state index in [0.29, 0.717) is 61.8 Å². The van der Waals surface area contributed by atoms with Gasteiger partial charge in [-0.25, -0.2) is 0 Å². The second-order valence-electron chi connectivity index (χ2n) is 13.0. The van der Waals surface area contributed by atoms with Gasteiger partial charge in [0.15, 0.2) is 0 Å². The number of carbonyl (C=O) groups is 4. The Hall–Kier alpha value is -5.64. The van der Waals surface area contributed by atoms with Crippen molar-refractivity contribution in [1.82, 2.24) is 9.80 Å². The number of benzene rings is 4. The van der Waals surface area contributed by atoms with Crippen LogP contribution in [0.1, 0.15) is 37.8 Å². The molecule has 0 unspecified atom stereocenters. The largest absolute Gasteiger partial charge is 0.481 e. The summed E-state index contributed by atoms with van der Waals surface area (Å²) < 4.78 is 11.8. The Balaban J connectivity index is 1.28. The lowest BCUT2D eigenvalue weighted by Crippen LogP contribution is -2.64. The predicted octanol–water partition coefficient (Wildman–Crippen LogP) is 7.18. The third-order valence-electron chi connectivity index (χ3n) is 9.44. The molecule has 0 saturated heterocycles. The normalized spacial score (nSPS) is 17.7. The van der Waals surface area contributed by atoms with Crippen molar-refractivity contribution in [2.45, 2.75) is 39.5 Å². The summed E-state index contributed by atoms with van der Waals surface area (Å²) in [6.45, 7) is 5.09. The maximum absolute atomic E-state index is 14.2. The van der Waals surface area contributed by atoms with E-state index in [0.717, 1.165) is 11.1 Å². The number of hydrogen-bond acceptors (Lipinski definition) is 6. The highest BCUT2D eigenvalue weighted by Crippen LogP contribution is 2.49. The maximum Gasteiger partial charge on any atom is 0.308 e. The fraction of sp³-hybridized carbons (Fsp3) is 0.333. The zero-order valence-corrected chi connectivity index (χ0v) is 29.6. The topological polar surface area (TPSA) is 134 Å². The minimum Gasteiger partial charge on any atom is -0.481 e. The van der Waals surface area contributed by atoms with Crippen LogP contribution in [0.25, 0.3) is 0 Å². The van der Waals surface area contributed by atoms with E-state index in [2.05, 4.69) is 0 Å². The van der Waals surface area contributed by atoms with Crippen LogP contribution < -0.4 is 9.47 Å². The van der Waals surface area contributed by atoms with Crippen molar-refractivity contribution in [3.63, 3.8) is 0 Å². The van der Waals surface area contributed by atoms with Crippen molar-refractivity contribution in [3.05, 3.63) is 120 Å². The fourth-order valence-corrected chi connectivity index (χ4v) is 6.83. The van der Waals surface area contributed by atoms with Gasteiger partial charge in [-0.2, -0.15) is 0 Å². The molecule has 4 aromatic rings. The van der Waals surface area contributed by atoms with Gasteiger partial charge in [0.2, 0.25) is 11.8 Å². The zero-order valence-electron chi connectivity index (χ0n) is 29.6. The van der Waals surface area contributed by atoms with Gasteiger partial charge in [0, 0.05) is 26.2 Å². The second-order valence-corrected chi connectivity index (χ2v) is 13.0. The van der Waals surface area contributed by atoms with Crippen molar-refractivity contribution in [1.29, 1.82) is 0 Å². The second kappa shape index (κ2) is 18.0.